The molecule has 1 aliphatic heterocycles. The van der Waals surface area contributed by atoms with Crippen LogP contribution in [0.4, 0.5) is 4.39 Å². The van der Waals surface area contributed by atoms with Crippen molar-refractivity contribution in [2.45, 2.75) is 11.8 Å². The van der Waals surface area contributed by atoms with E-state index in [9.17, 15) is 9.18 Å². The van der Waals surface area contributed by atoms with Gasteiger partial charge in [0.25, 0.3) is 0 Å². The zero-order valence-electron chi connectivity index (χ0n) is 9.13. The summed E-state index contributed by atoms with van der Waals surface area (Å²) >= 11 is 0. The Labute approximate surface area is 93.6 Å². The summed E-state index contributed by atoms with van der Waals surface area (Å²) in [6, 6.07) is 6.38. The Morgan fingerprint density at radius 3 is 2.81 bits per heavy atom. The highest BCUT2D eigenvalue weighted by atomic mass is 19.1. The van der Waals surface area contributed by atoms with Gasteiger partial charge in [-0.3, -0.25) is 4.79 Å². The van der Waals surface area contributed by atoms with Gasteiger partial charge in [-0.25, -0.2) is 4.39 Å². The topological polar surface area (TPSA) is 38.3 Å². The number of ether oxygens (including phenoxy) is 1. The second-order valence-corrected chi connectivity index (χ2v) is 3.98. The summed E-state index contributed by atoms with van der Waals surface area (Å²) in [7, 11) is 1.34. The van der Waals surface area contributed by atoms with Crippen molar-refractivity contribution in [3.63, 3.8) is 0 Å². The lowest BCUT2D eigenvalue weighted by Gasteiger charge is -2.25. The van der Waals surface area contributed by atoms with Crippen LogP contribution in [-0.4, -0.2) is 26.2 Å². The largest absolute Gasteiger partial charge is 0.468 e. The maximum atomic E-state index is 13.7. The molecule has 2 rings (SSSR count). The first-order valence-corrected chi connectivity index (χ1v) is 5.25. The van der Waals surface area contributed by atoms with E-state index in [1.54, 1.807) is 18.2 Å². The van der Waals surface area contributed by atoms with Gasteiger partial charge in [-0.05, 0) is 19.0 Å². The minimum absolute atomic E-state index is 0.350. The van der Waals surface area contributed by atoms with Crippen LogP contribution in [0.25, 0.3) is 0 Å². The smallest absolute Gasteiger partial charge is 0.317 e. The molecule has 4 heteroatoms. The van der Waals surface area contributed by atoms with Gasteiger partial charge in [0.05, 0.1) is 7.11 Å². The summed E-state index contributed by atoms with van der Waals surface area (Å²) in [4.78, 5) is 11.9. The molecule has 1 saturated heterocycles. The fraction of sp³-hybridized carbons (Fsp3) is 0.417. The molecule has 0 saturated carbocycles. The SMILES string of the molecule is COC(=O)C1(c2ccccc2F)CCNC1. The van der Waals surface area contributed by atoms with E-state index in [0.717, 1.165) is 0 Å². The van der Waals surface area contributed by atoms with Crippen LogP contribution in [0.3, 0.4) is 0 Å². The Kier molecular flexibility index (Phi) is 2.92. The van der Waals surface area contributed by atoms with Gasteiger partial charge in [-0.2, -0.15) is 0 Å². The molecule has 1 atom stereocenters. The van der Waals surface area contributed by atoms with Gasteiger partial charge >= 0.3 is 5.97 Å². The molecule has 1 aliphatic rings. The molecule has 1 aromatic rings. The van der Waals surface area contributed by atoms with E-state index < -0.39 is 5.41 Å². The summed E-state index contributed by atoms with van der Waals surface area (Å²) in [6.45, 7) is 1.13. The van der Waals surface area contributed by atoms with Crippen molar-refractivity contribution in [2.75, 3.05) is 20.2 Å². The zero-order valence-corrected chi connectivity index (χ0v) is 9.13. The fourth-order valence-electron chi connectivity index (χ4n) is 2.25. The summed E-state index contributed by atoms with van der Waals surface area (Å²) in [6.07, 6.45) is 0.570. The molecular weight excluding hydrogens is 209 g/mol. The quantitative estimate of drug-likeness (QED) is 0.766. The van der Waals surface area contributed by atoms with E-state index >= 15 is 0 Å². The monoisotopic (exact) mass is 223 g/mol. The third kappa shape index (κ3) is 1.59. The summed E-state index contributed by atoms with van der Waals surface area (Å²) in [5.74, 6) is -0.723. The van der Waals surface area contributed by atoms with Crippen LogP contribution >= 0.6 is 0 Å². The molecule has 1 heterocycles. The normalized spacial score (nSPS) is 24.4. The number of esters is 1. The molecule has 16 heavy (non-hydrogen) atoms. The number of carbonyl (C=O) groups excluding carboxylic acids is 1. The van der Waals surface area contributed by atoms with E-state index in [2.05, 4.69) is 5.32 Å². The van der Waals surface area contributed by atoms with Gasteiger partial charge in [-0.15, -0.1) is 0 Å². The van der Waals surface area contributed by atoms with Crippen LogP contribution in [0.2, 0.25) is 0 Å². The van der Waals surface area contributed by atoms with Gasteiger partial charge in [-0.1, -0.05) is 18.2 Å². The van der Waals surface area contributed by atoms with Gasteiger partial charge in [0.2, 0.25) is 0 Å². The molecule has 0 bridgehead atoms. The molecule has 1 fully saturated rings. The predicted octanol–water partition coefficient (Wildman–Crippen LogP) is 1.23. The van der Waals surface area contributed by atoms with Crippen molar-refractivity contribution in [1.29, 1.82) is 0 Å². The highest BCUT2D eigenvalue weighted by Gasteiger charge is 2.45. The van der Waals surface area contributed by atoms with Crippen molar-refractivity contribution in [3.05, 3.63) is 35.6 Å². The van der Waals surface area contributed by atoms with E-state index in [1.807, 2.05) is 0 Å². The number of methoxy groups -OCH3 is 1. The average Bonchev–Trinajstić information content (AvgIpc) is 2.79. The number of benzene rings is 1. The van der Waals surface area contributed by atoms with Crippen LogP contribution in [0.5, 0.6) is 0 Å². The molecule has 86 valence electrons. The highest BCUT2D eigenvalue weighted by molar-refractivity contribution is 5.84. The van der Waals surface area contributed by atoms with Crippen LogP contribution < -0.4 is 5.32 Å². The number of hydrogen-bond acceptors (Lipinski definition) is 3. The Morgan fingerprint density at radius 1 is 1.50 bits per heavy atom. The average molecular weight is 223 g/mol. The van der Waals surface area contributed by atoms with E-state index in [-0.39, 0.29) is 11.8 Å². The molecule has 1 unspecified atom stereocenters. The van der Waals surface area contributed by atoms with Crippen molar-refractivity contribution in [2.24, 2.45) is 0 Å². The summed E-state index contributed by atoms with van der Waals surface area (Å²) in [5.41, 5.74) is -0.438. The Balaban J connectivity index is 2.48. The lowest BCUT2D eigenvalue weighted by molar-refractivity contribution is -0.147. The minimum atomic E-state index is -0.861. The third-order valence-electron chi connectivity index (χ3n) is 3.12. The van der Waals surface area contributed by atoms with Crippen LogP contribution in [0.1, 0.15) is 12.0 Å². The number of rotatable bonds is 2. The number of nitrogens with one attached hydrogen (secondary N) is 1. The molecule has 0 amide bonds. The van der Waals surface area contributed by atoms with E-state index in [1.165, 1.54) is 13.2 Å². The minimum Gasteiger partial charge on any atom is -0.468 e. The zero-order chi connectivity index (χ0) is 11.6. The van der Waals surface area contributed by atoms with Crippen molar-refractivity contribution in [3.8, 4) is 0 Å². The summed E-state index contributed by atoms with van der Waals surface area (Å²) < 4.78 is 18.5. The van der Waals surface area contributed by atoms with Crippen molar-refractivity contribution in [1.82, 2.24) is 5.32 Å². The standard InChI is InChI=1S/C12H14FNO2/c1-16-11(15)12(6-7-14-8-12)9-4-2-3-5-10(9)13/h2-5,14H,6-8H2,1H3. The first-order valence-electron chi connectivity index (χ1n) is 5.25. The number of carbonyl (C=O) groups is 1. The van der Waals surface area contributed by atoms with E-state index in [0.29, 0.717) is 25.1 Å². The Hall–Kier alpha value is -1.42. The molecule has 1 aromatic carbocycles. The van der Waals surface area contributed by atoms with Gasteiger partial charge in [0, 0.05) is 12.1 Å². The molecule has 0 aliphatic carbocycles. The van der Waals surface area contributed by atoms with Crippen LogP contribution in [0, 0.1) is 5.82 Å². The van der Waals surface area contributed by atoms with E-state index in [4.69, 9.17) is 4.74 Å². The highest BCUT2D eigenvalue weighted by Crippen LogP contribution is 2.33. The fourth-order valence-corrected chi connectivity index (χ4v) is 2.25. The molecule has 1 N–H and O–H groups in total. The van der Waals surface area contributed by atoms with Crippen LogP contribution in [0.15, 0.2) is 24.3 Å². The molecular formula is C12H14FNO2. The van der Waals surface area contributed by atoms with Gasteiger partial charge in [0.1, 0.15) is 11.2 Å². The molecule has 0 radical (unpaired) electrons. The van der Waals surface area contributed by atoms with Crippen molar-refractivity contribution >= 4 is 5.97 Å². The Morgan fingerprint density at radius 2 is 2.25 bits per heavy atom. The lowest BCUT2D eigenvalue weighted by atomic mass is 9.79. The van der Waals surface area contributed by atoms with Gasteiger partial charge in [0.15, 0.2) is 0 Å². The lowest BCUT2D eigenvalue weighted by Crippen LogP contribution is -2.39. The number of hydrogen-bond donors (Lipinski definition) is 1. The third-order valence-corrected chi connectivity index (χ3v) is 3.12. The predicted molar refractivity (Wildman–Crippen MR) is 57.6 cm³/mol. The van der Waals surface area contributed by atoms with Crippen LogP contribution in [-0.2, 0) is 14.9 Å². The first kappa shape index (κ1) is 11.1. The van der Waals surface area contributed by atoms with Gasteiger partial charge < -0.3 is 10.1 Å². The maximum absolute atomic E-state index is 13.7. The summed E-state index contributed by atoms with van der Waals surface area (Å²) in [5, 5.41) is 3.09. The number of halogens is 1. The maximum Gasteiger partial charge on any atom is 0.317 e. The molecule has 0 aromatic heterocycles. The second-order valence-electron chi connectivity index (χ2n) is 3.98. The molecule has 3 nitrogen and oxygen atoms in total. The van der Waals surface area contributed by atoms with Crippen molar-refractivity contribution < 1.29 is 13.9 Å². The Bertz CT molecular complexity index is 400. The molecule has 0 spiro atoms. The second kappa shape index (κ2) is 4.22. The first-order chi connectivity index (χ1) is 7.70.